The molecule has 6 heteroatoms. The van der Waals surface area contributed by atoms with Crippen LogP contribution in [-0.2, 0) is 0 Å². The van der Waals surface area contributed by atoms with Crippen LogP contribution in [0.2, 0.25) is 0 Å². The van der Waals surface area contributed by atoms with Crippen molar-refractivity contribution in [3.05, 3.63) is 15.9 Å². The highest BCUT2D eigenvalue weighted by atomic mass is 16.5. The largest absolute Gasteiger partial charge is 0.503 e. The molecule has 0 unspecified atom stereocenters. The number of nitrogens with one attached hydrogen (secondary N) is 1. The summed E-state index contributed by atoms with van der Waals surface area (Å²) in [5.41, 5.74) is -0.939. The zero-order chi connectivity index (χ0) is 14.4. The van der Waals surface area contributed by atoms with Gasteiger partial charge in [0.15, 0.2) is 11.5 Å². The molecule has 0 radical (unpaired) electrons. The van der Waals surface area contributed by atoms with Gasteiger partial charge in [-0.25, -0.2) is 0 Å². The molecule has 1 aromatic rings. The van der Waals surface area contributed by atoms with E-state index >= 15 is 0 Å². The average molecular weight is 269 g/mol. The van der Waals surface area contributed by atoms with E-state index in [4.69, 9.17) is 9.47 Å². The highest BCUT2D eigenvalue weighted by Crippen LogP contribution is 2.35. The summed E-state index contributed by atoms with van der Waals surface area (Å²) in [4.78, 5) is 26.1. The molecule has 0 atom stereocenters. The molecule has 0 saturated heterocycles. The summed E-state index contributed by atoms with van der Waals surface area (Å²) in [7, 11) is 2.65. The van der Waals surface area contributed by atoms with Crippen LogP contribution in [0.25, 0.3) is 0 Å². The molecule has 2 N–H and O–H groups in total. The second-order valence-corrected chi connectivity index (χ2v) is 4.12. The second-order valence-electron chi connectivity index (χ2n) is 4.12. The predicted octanol–water partition coefficient (Wildman–Crippen LogP) is 1.86. The fourth-order valence-corrected chi connectivity index (χ4v) is 1.80. The molecule has 0 amide bonds. The normalized spacial score (nSPS) is 10.3. The maximum absolute atomic E-state index is 12.0. The number of aromatic amines is 1. The summed E-state index contributed by atoms with van der Waals surface area (Å²) < 4.78 is 9.82. The number of ketones is 1. The zero-order valence-corrected chi connectivity index (χ0v) is 11.4. The van der Waals surface area contributed by atoms with Crippen molar-refractivity contribution in [1.29, 1.82) is 0 Å². The smallest absolute Gasteiger partial charge is 0.265 e. The summed E-state index contributed by atoms with van der Waals surface area (Å²) in [6.45, 7) is 2.02. The lowest BCUT2D eigenvalue weighted by Crippen LogP contribution is -2.19. The molecule has 0 aliphatic rings. The van der Waals surface area contributed by atoms with E-state index in [1.54, 1.807) is 0 Å². The summed E-state index contributed by atoms with van der Waals surface area (Å²) in [5.74, 6) is -0.909. The number of methoxy groups -OCH3 is 2. The van der Waals surface area contributed by atoms with Crippen molar-refractivity contribution >= 4 is 5.78 Å². The lowest BCUT2D eigenvalue weighted by Gasteiger charge is -2.11. The lowest BCUT2D eigenvalue weighted by molar-refractivity contribution is 0.0974. The Morgan fingerprint density at radius 2 is 1.95 bits per heavy atom. The maximum Gasteiger partial charge on any atom is 0.265 e. The van der Waals surface area contributed by atoms with Gasteiger partial charge in [0, 0.05) is 6.42 Å². The second kappa shape index (κ2) is 6.82. The summed E-state index contributed by atoms with van der Waals surface area (Å²) in [5, 5.41) is 9.96. The van der Waals surface area contributed by atoms with E-state index in [2.05, 4.69) is 4.98 Å². The van der Waals surface area contributed by atoms with Crippen LogP contribution >= 0.6 is 0 Å². The first kappa shape index (κ1) is 15.1. The van der Waals surface area contributed by atoms with Crippen molar-refractivity contribution in [1.82, 2.24) is 4.98 Å². The molecule has 0 aromatic carbocycles. The fourth-order valence-electron chi connectivity index (χ4n) is 1.80. The van der Waals surface area contributed by atoms with Gasteiger partial charge in [0.05, 0.1) is 14.2 Å². The Labute approximate surface area is 111 Å². The molecule has 1 heterocycles. The van der Waals surface area contributed by atoms with Crippen molar-refractivity contribution in [2.24, 2.45) is 0 Å². The van der Waals surface area contributed by atoms with E-state index in [-0.39, 0.29) is 23.6 Å². The molecule has 0 saturated carbocycles. The van der Waals surface area contributed by atoms with Crippen LogP contribution < -0.4 is 15.0 Å². The van der Waals surface area contributed by atoms with Gasteiger partial charge in [-0.15, -0.1) is 0 Å². The molecule has 1 rings (SSSR count). The molecule has 1 aromatic heterocycles. The first-order valence-electron chi connectivity index (χ1n) is 6.17. The minimum Gasteiger partial charge on any atom is -0.503 e. The average Bonchev–Trinajstić information content (AvgIpc) is 2.38. The van der Waals surface area contributed by atoms with Crippen LogP contribution in [-0.4, -0.2) is 30.1 Å². The monoisotopic (exact) mass is 269 g/mol. The minimum atomic E-state index is -0.670. The number of H-pyrrole nitrogens is 1. The van der Waals surface area contributed by atoms with Crippen molar-refractivity contribution in [2.75, 3.05) is 14.2 Å². The standard InChI is InChI=1S/C13H19NO5/c1-4-5-6-7-8(15)9-10(16)11(18-2)13(19-3)14-12(9)17/h4-7H2,1-3H3,(H2,14,16,17). The van der Waals surface area contributed by atoms with Crippen molar-refractivity contribution in [2.45, 2.75) is 32.6 Å². The zero-order valence-electron chi connectivity index (χ0n) is 11.4. The van der Waals surface area contributed by atoms with E-state index < -0.39 is 17.1 Å². The number of hydrogen-bond acceptors (Lipinski definition) is 5. The van der Waals surface area contributed by atoms with Crippen molar-refractivity contribution < 1.29 is 19.4 Å². The third kappa shape index (κ3) is 3.27. The quantitative estimate of drug-likeness (QED) is 0.582. The minimum absolute atomic E-state index is 0.00453. The van der Waals surface area contributed by atoms with Crippen molar-refractivity contribution in [3.63, 3.8) is 0 Å². The fraction of sp³-hybridized carbons (Fsp3) is 0.538. The van der Waals surface area contributed by atoms with Crippen LogP contribution in [0.4, 0.5) is 0 Å². The Balaban J connectivity index is 3.14. The van der Waals surface area contributed by atoms with Gasteiger partial charge >= 0.3 is 0 Å². The van der Waals surface area contributed by atoms with Crippen molar-refractivity contribution in [3.8, 4) is 17.4 Å². The van der Waals surface area contributed by atoms with E-state index in [0.29, 0.717) is 6.42 Å². The number of carbonyl (C=O) groups is 1. The molecule has 0 fully saturated rings. The molecule has 0 bridgehead atoms. The van der Waals surface area contributed by atoms with Crippen LogP contribution in [0.3, 0.4) is 0 Å². The Morgan fingerprint density at radius 3 is 2.47 bits per heavy atom. The Kier molecular flexibility index (Phi) is 5.41. The van der Waals surface area contributed by atoms with Gasteiger partial charge in [-0.1, -0.05) is 19.8 Å². The number of pyridine rings is 1. The number of aromatic nitrogens is 1. The Bertz CT molecular complexity index is 506. The Morgan fingerprint density at radius 1 is 1.26 bits per heavy atom. The van der Waals surface area contributed by atoms with Crippen LogP contribution in [0.5, 0.6) is 17.4 Å². The topological polar surface area (TPSA) is 88.6 Å². The van der Waals surface area contributed by atoms with Crippen LogP contribution in [0.15, 0.2) is 4.79 Å². The highest BCUT2D eigenvalue weighted by molar-refractivity contribution is 5.99. The molecule has 0 spiro atoms. The summed E-state index contributed by atoms with van der Waals surface area (Å²) in [6.07, 6.45) is 2.78. The van der Waals surface area contributed by atoms with Crippen LogP contribution in [0.1, 0.15) is 43.0 Å². The number of carbonyl (C=O) groups excluding carboxylic acids is 1. The predicted molar refractivity (Wildman–Crippen MR) is 70.3 cm³/mol. The molecular weight excluding hydrogens is 250 g/mol. The molecule has 0 aliphatic heterocycles. The number of hydrogen-bond donors (Lipinski definition) is 2. The Hall–Kier alpha value is -1.98. The number of rotatable bonds is 7. The molecule has 19 heavy (non-hydrogen) atoms. The van der Waals surface area contributed by atoms with Gasteiger partial charge in [0.25, 0.3) is 5.56 Å². The van der Waals surface area contributed by atoms with Crippen LogP contribution in [0, 0.1) is 0 Å². The van der Waals surface area contributed by atoms with E-state index in [0.717, 1.165) is 12.8 Å². The summed E-state index contributed by atoms with van der Waals surface area (Å²) in [6, 6.07) is 0. The summed E-state index contributed by atoms with van der Waals surface area (Å²) >= 11 is 0. The number of aromatic hydroxyl groups is 1. The van der Waals surface area contributed by atoms with E-state index in [1.807, 2.05) is 6.92 Å². The SMILES string of the molecule is CCCCCC(=O)c1c(O)c(OC)c(OC)[nH]c1=O. The van der Waals surface area contributed by atoms with Gasteiger partial charge in [-0.2, -0.15) is 0 Å². The number of Topliss-reactive ketones (excluding diaryl/α,β-unsaturated/α-hetero) is 1. The van der Waals surface area contributed by atoms with E-state index in [1.165, 1.54) is 14.2 Å². The maximum atomic E-state index is 12.0. The first-order valence-corrected chi connectivity index (χ1v) is 6.17. The molecule has 6 nitrogen and oxygen atoms in total. The molecular formula is C13H19NO5. The van der Waals surface area contributed by atoms with Gasteiger partial charge < -0.3 is 14.6 Å². The van der Waals surface area contributed by atoms with Gasteiger partial charge in [-0.05, 0) is 6.42 Å². The number of ether oxygens (including phenoxy) is 2. The first-order chi connectivity index (χ1) is 9.06. The third-order valence-electron chi connectivity index (χ3n) is 2.81. The van der Waals surface area contributed by atoms with Gasteiger partial charge in [0.1, 0.15) is 5.56 Å². The van der Waals surface area contributed by atoms with E-state index in [9.17, 15) is 14.7 Å². The molecule has 0 aliphatic carbocycles. The van der Waals surface area contributed by atoms with Gasteiger partial charge in [-0.3, -0.25) is 14.6 Å². The lowest BCUT2D eigenvalue weighted by atomic mass is 10.1. The van der Waals surface area contributed by atoms with Gasteiger partial charge in [0.2, 0.25) is 11.6 Å². The number of unbranched alkanes of at least 4 members (excludes halogenated alkanes) is 2. The third-order valence-corrected chi connectivity index (χ3v) is 2.81. The molecule has 106 valence electrons. The highest BCUT2D eigenvalue weighted by Gasteiger charge is 2.23.